The molecule has 25 heavy (non-hydrogen) atoms. The summed E-state index contributed by atoms with van der Waals surface area (Å²) >= 11 is 12.1. The molecule has 7 nitrogen and oxygen atoms in total. The molecule has 2 aromatic rings. The molecule has 9 heteroatoms. The Morgan fingerprint density at radius 2 is 2.04 bits per heavy atom. The van der Waals surface area contributed by atoms with Crippen LogP contribution < -0.4 is 10.6 Å². The van der Waals surface area contributed by atoms with Crippen molar-refractivity contribution in [3.05, 3.63) is 33.7 Å². The van der Waals surface area contributed by atoms with Gasteiger partial charge in [0.25, 0.3) is 0 Å². The fourth-order valence-corrected chi connectivity index (χ4v) is 2.46. The SMILES string of the molecule is CCNC(=NCc1noc(C(C)(C)C)n1)NCc1cc(Cl)c(Cl)n1C. The van der Waals surface area contributed by atoms with Crippen LogP contribution in [0.3, 0.4) is 0 Å². The van der Waals surface area contributed by atoms with Gasteiger partial charge in [0, 0.05) is 24.7 Å². The summed E-state index contributed by atoms with van der Waals surface area (Å²) in [5.41, 5.74) is 0.776. The summed E-state index contributed by atoms with van der Waals surface area (Å²) < 4.78 is 7.11. The van der Waals surface area contributed by atoms with Gasteiger partial charge in [0.2, 0.25) is 5.89 Å². The number of hydrogen-bond donors (Lipinski definition) is 2. The van der Waals surface area contributed by atoms with Crippen LogP contribution in [0.5, 0.6) is 0 Å². The van der Waals surface area contributed by atoms with Crippen molar-refractivity contribution in [2.24, 2.45) is 12.0 Å². The van der Waals surface area contributed by atoms with E-state index in [1.807, 2.05) is 45.4 Å². The zero-order valence-corrected chi connectivity index (χ0v) is 16.7. The molecule has 0 aromatic carbocycles. The fraction of sp³-hybridized carbons (Fsp3) is 0.562. The van der Waals surface area contributed by atoms with Gasteiger partial charge in [0.05, 0.1) is 11.6 Å². The minimum Gasteiger partial charge on any atom is -0.357 e. The fourth-order valence-electron chi connectivity index (χ4n) is 2.05. The second-order valence-electron chi connectivity index (χ2n) is 6.65. The molecule has 0 aliphatic rings. The highest BCUT2D eigenvalue weighted by molar-refractivity contribution is 6.41. The van der Waals surface area contributed by atoms with Crippen molar-refractivity contribution in [2.75, 3.05) is 6.54 Å². The van der Waals surface area contributed by atoms with Crippen LogP contribution in [-0.2, 0) is 25.6 Å². The zero-order chi connectivity index (χ0) is 18.6. The van der Waals surface area contributed by atoms with Crippen LogP contribution >= 0.6 is 23.2 Å². The summed E-state index contributed by atoms with van der Waals surface area (Å²) in [7, 11) is 1.86. The summed E-state index contributed by atoms with van der Waals surface area (Å²) in [6.07, 6.45) is 0. The highest BCUT2D eigenvalue weighted by atomic mass is 35.5. The Bertz CT molecular complexity index is 744. The Morgan fingerprint density at radius 3 is 2.56 bits per heavy atom. The molecule has 2 N–H and O–H groups in total. The topological polar surface area (TPSA) is 80.3 Å². The minimum absolute atomic E-state index is 0.178. The van der Waals surface area contributed by atoms with Crippen LogP contribution in [-0.4, -0.2) is 27.2 Å². The van der Waals surface area contributed by atoms with Gasteiger partial charge in [-0.3, -0.25) is 0 Å². The van der Waals surface area contributed by atoms with Crippen molar-refractivity contribution in [3.8, 4) is 0 Å². The normalized spacial score (nSPS) is 12.5. The monoisotopic (exact) mass is 386 g/mol. The van der Waals surface area contributed by atoms with E-state index in [2.05, 4.69) is 25.8 Å². The molecule has 0 fully saturated rings. The first kappa shape index (κ1) is 19.6. The lowest BCUT2D eigenvalue weighted by atomic mass is 9.97. The Balaban J connectivity index is 2.03. The van der Waals surface area contributed by atoms with Gasteiger partial charge in [-0.15, -0.1) is 0 Å². The van der Waals surface area contributed by atoms with Gasteiger partial charge in [-0.05, 0) is 13.0 Å². The largest absolute Gasteiger partial charge is 0.357 e. The van der Waals surface area contributed by atoms with Crippen LogP contribution in [0.25, 0.3) is 0 Å². The van der Waals surface area contributed by atoms with E-state index in [0.717, 1.165) is 12.2 Å². The van der Waals surface area contributed by atoms with Crippen LogP contribution in [0, 0.1) is 0 Å². The maximum absolute atomic E-state index is 6.09. The van der Waals surface area contributed by atoms with Crippen molar-refractivity contribution in [3.63, 3.8) is 0 Å². The lowest BCUT2D eigenvalue weighted by Gasteiger charge is -2.11. The van der Waals surface area contributed by atoms with E-state index in [4.69, 9.17) is 27.7 Å². The molecule has 2 aromatic heterocycles. The molecule has 2 heterocycles. The average molecular weight is 387 g/mol. The molecule has 0 radical (unpaired) electrons. The lowest BCUT2D eigenvalue weighted by Crippen LogP contribution is -2.37. The molecule has 138 valence electrons. The Hall–Kier alpha value is -1.73. The number of aliphatic imine (C=N–C) groups is 1. The summed E-state index contributed by atoms with van der Waals surface area (Å²) in [5.74, 6) is 1.80. The molecule has 0 amide bonds. The molecule has 0 aliphatic carbocycles. The standard InChI is InChI=1S/C16H24Cl2N6O/c1-6-19-15(20-8-10-7-11(17)13(18)24(10)5)21-9-12-22-14(25-23-12)16(2,3)4/h7H,6,8-9H2,1-5H3,(H2,19,20,21). The van der Waals surface area contributed by atoms with E-state index >= 15 is 0 Å². The maximum Gasteiger partial charge on any atom is 0.232 e. The second kappa shape index (κ2) is 8.10. The number of rotatable bonds is 5. The van der Waals surface area contributed by atoms with E-state index < -0.39 is 0 Å². The van der Waals surface area contributed by atoms with Crippen LogP contribution in [0.4, 0.5) is 0 Å². The number of nitrogens with one attached hydrogen (secondary N) is 2. The summed E-state index contributed by atoms with van der Waals surface area (Å²) in [6.45, 7) is 9.66. The predicted molar refractivity (Wildman–Crippen MR) is 100 cm³/mol. The number of nitrogens with zero attached hydrogens (tertiary/aromatic N) is 4. The van der Waals surface area contributed by atoms with Crippen LogP contribution in [0.2, 0.25) is 10.2 Å². The van der Waals surface area contributed by atoms with Crippen LogP contribution in [0.15, 0.2) is 15.6 Å². The van der Waals surface area contributed by atoms with Gasteiger partial charge >= 0.3 is 0 Å². The van der Waals surface area contributed by atoms with E-state index in [9.17, 15) is 0 Å². The Labute approximate surface area is 157 Å². The van der Waals surface area contributed by atoms with E-state index in [-0.39, 0.29) is 5.41 Å². The molecule has 0 unspecified atom stereocenters. The van der Waals surface area contributed by atoms with E-state index in [1.165, 1.54) is 0 Å². The van der Waals surface area contributed by atoms with Crippen LogP contribution in [0.1, 0.15) is 45.1 Å². The first-order chi connectivity index (χ1) is 11.7. The minimum atomic E-state index is -0.178. The van der Waals surface area contributed by atoms with Gasteiger partial charge < -0.3 is 19.7 Å². The number of hydrogen-bond acceptors (Lipinski definition) is 4. The molecule has 0 spiro atoms. The lowest BCUT2D eigenvalue weighted by molar-refractivity contribution is 0.318. The number of aromatic nitrogens is 3. The van der Waals surface area contributed by atoms with Gasteiger partial charge in [-0.2, -0.15) is 4.98 Å². The molecule has 0 saturated heterocycles. The Morgan fingerprint density at radius 1 is 1.32 bits per heavy atom. The third kappa shape index (κ3) is 5.12. The quantitative estimate of drug-likeness (QED) is 0.608. The van der Waals surface area contributed by atoms with E-state index in [0.29, 0.717) is 40.9 Å². The molecule has 0 aliphatic heterocycles. The summed E-state index contributed by atoms with van der Waals surface area (Å²) in [4.78, 5) is 8.87. The third-order valence-electron chi connectivity index (χ3n) is 3.49. The Kier molecular flexibility index (Phi) is 6.35. The number of guanidine groups is 1. The highest BCUT2D eigenvalue weighted by Crippen LogP contribution is 2.25. The van der Waals surface area contributed by atoms with Crippen molar-refractivity contribution in [1.29, 1.82) is 0 Å². The maximum atomic E-state index is 6.09. The summed E-state index contributed by atoms with van der Waals surface area (Å²) in [5, 5.41) is 11.4. The van der Waals surface area contributed by atoms with Gasteiger partial charge in [-0.25, -0.2) is 4.99 Å². The average Bonchev–Trinajstić information content (AvgIpc) is 3.11. The van der Waals surface area contributed by atoms with Gasteiger partial charge in [0.15, 0.2) is 11.8 Å². The summed E-state index contributed by atoms with van der Waals surface area (Å²) in [6, 6.07) is 1.83. The first-order valence-corrected chi connectivity index (χ1v) is 8.82. The smallest absolute Gasteiger partial charge is 0.232 e. The molecule has 2 rings (SSSR count). The van der Waals surface area contributed by atoms with Crippen molar-refractivity contribution >= 4 is 29.2 Å². The van der Waals surface area contributed by atoms with E-state index in [1.54, 1.807) is 0 Å². The molecule has 0 bridgehead atoms. The zero-order valence-electron chi connectivity index (χ0n) is 15.2. The molecule has 0 atom stereocenters. The first-order valence-electron chi connectivity index (χ1n) is 8.07. The predicted octanol–water partition coefficient (Wildman–Crippen LogP) is 3.27. The second-order valence-corrected chi connectivity index (χ2v) is 7.41. The van der Waals surface area contributed by atoms with Crippen molar-refractivity contribution in [1.82, 2.24) is 25.3 Å². The third-order valence-corrected chi connectivity index (χ3v) is 4.33. The molecular formula is C16H24Cl2N6O. The van der Waals surface area contributed by atoms with Gasteiger partial charge in [-0.1, -0.05) is 49.1 Å². The van der Waals surface area contributed by atoms with Gasteiger partial charge in [0.1, 0.15) is 11.7 Å². The van der Waals surface area contributed by atoms with Crippen molar-refractivity contribution < 1.29 is 4.52 Å². The molecule has 0 saturated carbocycles. The molecular weight excluding hydrogens is 363 g/mol. The van der Waals surface area contributed by atoms with Crippen molar-refractivity contribution in [2.45, 2.75) is 46.2 Å². The number of halogens is 2. The highest BCUT2D eigenvalue weighted by Gasteiger charge is 2.21.